The van der Waals surface area contributed by atoms with Crippen LogP contribution in [0.2, 0.25) is 0 Å². The minimum absolute atomic E-state index is 0.110. The van der Waals surface area contributed by atoms with E-state index in [0.29, 0.717) is 6.54 Å². The van der Waals surface area contributed by atoms with E-state index in [2.05, 4.69) is 12.2 Å². The molecule has 1 N–H and O–H groups in total. The van der Waals surface area contributed by atoms with E-state index in [0.717, 1.165) is 64.2 Å². The SMILES string of the molecule is CCCCCCCCNC(=O)[C@H]1O[C@H]2OC3(CCCCC3)O[C@@H]2[C@H]2OC3(CCCCC3)O[C@@H]21. The fraction of sp³-hybridized carbons (Fsp3) is 0.962. The summed E-state index contributed by atoms with van der Waals surface area (Å²) in [7, 11) is 0. The van der Waals surface area contributed by atoms with Gasteiger partial charge in [-0.15, -0.1) is 0 Å². The molecular formula is C26H43NO6. The third-order valence-electron chi connectivity index (χ3n) is 8.20. The zero-order valence-corrected chi connectivity index (χ0v) is 20.4. The number of hydrogen-bond donors (Lipinski definition) is 1. The maximum Gasteiger partial charge on any atom is 0.252 e. The Bertz CT molecular complexity index is 659. The zero-order valence-electron chi connectivity index (χ0n) is 20.4. The molecule has 0 radical (unpaired) electrons. The first kappa shape index (κ1) is 24.0. The molecule has 5 aliphatic rings. The lowest BCUT2D eigenvalue weighted by atomic mass is 9.94. The van der Waals surface area contributed by atoms with Gasteiger partial charge in [0.2, 0.25) is 0 Å². The summed E-state index contributed by atoms with van der Waals surface area (Å²) in [6.45, 7) is 2.90. The van der Waals surface area contributed by atoms with Crippen LogP contribution in [0, 0.1) is 0 Å². The molecule has 188 valence electrons. The minimum Gasteiger partial charge on any atom is -0.354 e. The first-order valence-corrected chi connectivity index (χ1v) is 13.8. The molecule has 33 heavy (non-hydrogen) atoms. The molecular weight excluding hydrogens is 422 g/mol. The third kappa shape index (κ3) is 5.13. The number of unbranched alkanes of at least 4 members (excludes halogenated alkanes) is 5. The van der Waals surface area contributed by atoms with Crippen LogP contribution in [0.1, 0.15) is 110 Å². The van der Waals surface area contributed by atoms with Gasteiger partial charge in [-0.3, -0.25) is 4.79 Å². The summed E-state index contributed by atoms with van der Waals surface area (Å²) in [6.07, 6.45) is 15.0. The first-order valence-electron chi connectivity index (χ1n) is 13.8. The monoisotopic (exact) mass is 465 g/mol. The molecule has 0 aromatic rings. The van der Waals surface area contributed by atoms with E-state index < -0.39 is 30.1 Å². The molecule has 1 amide bonds. The number of ether oxygens (including phenoxy) is 5. The lowest BCUT2D eigenvalue weighted by Gasteiger charge is -2.36. The van der Waals surface area contributed by atoms with Gasteiger partial charge in [0.1, 0.15) is 18.3 Å². The standard InChI is InChI=1S/C26H43NO6/c1-2-3-4-5-6-13-18-27-23(28)21-19-20(31-25(30-19)14-9-7-10-15-25)22-24(29-21)33-26(32-22)16-11-8-12-17-26/h19-22,24H,2-18H2,1H3,(H,27,28)/t19-,20-,21-,22+,24-/m0/s1. The molecule has 0 aromatic carbocycles. The van der Waals surface area contributed by atoms with Crippen molar-refractivity contribution in [2.45, 2.75) is 152 Å². The van der Waals surface area contributed by atoms with E-state index in [1.54, 1.807) is 0 Å². The highest BCUT2D eigenvalue weighted by atomic mass is 16.9. The van der Waals surface area contributed by atoms with E-state index in [4.69, 9.17) is 23.7 Å². The molecule has 0 bridgehead atoms. The topological polar surface area (TPSA) is 75.3 Å². The van der Waals surface area contributed by atoms with Gasteiger partial charge in [0.25, 0.3) is 5.91 Å². The van der Waals surface area contributed by atoms with E-state index in [-0.39, 0.29) is 18.1 Å². The van der Waals surface area contributed by atoms with Crippen LogP contribution in [0.5, 0.6) is 0 Å². The average Bonchev–Trinajstić information content (AvgIpc) is 3.36. The Labute approximate surface area is 198 Å². The molecule has 3 aliphatic heterocycles. The molecule has 7 nitrogen and oxygen atoms in total. The van der Waals surface area contributed by atoms with Crippen molar-refractivity contribution in [3.8, 4) is 0 Å². The largest absolute Gasteiger partial charge is 0.354 e. The van der Waals surface area contributed by atoms with Gasteiger partial charge >= 0.3 is 0 Å². The van der Waals surface area contributed by atoms with Crippen LogP contribution in [0.15, 0.2) is 0 Å². The molecule has 5 rings (SSSR count). The Kier molecular flexibility index (Phi) is 7.62. The van der Waals surface area contributed by atoms with E-state index in [1.807, 2.05) is 0 Å². The summed E-state index contributed by atoms with van der Waals surface area (Å²) in [5, 5.41) is 3.10. The number of carbonyl (C=O) groups excluding carboxylic acids is 1. The Morgan fingerprint density at radius 1 is 0.727 bits per heavy atom. The summed E-state index contributed by atoms with van der Waals surface area (Å²) in [4.78, 5) is 13.2. The van der Waals surface area contributed by atoms with Crippen LogP contribution < -0.4 is 5.32 Å². The lowest BCUT2D eigenvalue weighted by molar-refractivity contribution is -0.247. The van der Waals surface area contributed by atoms with Crippen molar-refractivity contribution in [2.75, 3.05) is 6.54 Å². The first-order chi connectivity index (χ1) is 16.1. The van der Waals surface area contributed by atoms with Crippen LogP contribution in [0.25, 0.3) is 0 Å². The zero-order chi connectivity index (χ0) is 22.7. The smallest absolute Gasteiger partial charge is 0.252 e. The number of fused-ring (bicyclic) bond motifs is 3. The molecule has 5 fully saturated rings. The van der Waals surface area contributed by atoms with Crippen molar-refractivity contribution < 1.29 is 28.5 Å². The molecule has 2 aliphatic carbocycles. The van der Waals surface area contributed by atoms with Crippen LogP contribution in [0.3, 0.4) is 0 Å². The second-order valence-electron chi connectivity index (χ2n) is 10.8. The fourth-order valence-corrected chi connectivity index (χ4v) is 6.39. The van der Waals surface area contributed by atoms with Crippen molar-refractivity contribution in [2.24, 2.45) is 0 Å². The van der Waals surface area contributed by atoms with Gasteiger partial charge in [0, 0.05) is 32.2 Å². The van der Waals surface area contributed by atoms with Gasteiger partial charge in [0.05, 0.1) is 0 Å². The summed E-state index contributed by atoms with van der Waals surface area (Å²) in [5.74, 6) is -1.30. The minimum atomic E-state index is -0.722. The Morgan fingerprint density at radius 3 is 2.00 bits per heavy atom. The molecule has 7 heteroatoms. The van der Waals surface area contributed by atoms with E-state index in [1.165, 1.54) is 38.5 Å². The summed E-state index contributed by atoms with van der Waals surface area (Å²) < 4.78 is 32.4. The van der Waals surface area contributed by atoms with Gasteiger partial charge < -0.3 is 29.0 Å². The fourth-order valence-electron chi connectivity index (χ4n) is 6.39. The van der Waals surface area contributed by atoms with E-state index >= 15 is 0 Å². The molecule has 2 spiro atoms. The van der Waals surface area contributed by atoms with Crippen LogP contribution in [-0.2, 0) is 28.5 Å². The summed E-state index contributed by atoms with van der Waals surface area (Å²) in [5.41, 5.74) is 0. The highest BCUT2D eigenvalue weighted by Crippen LogP contribution is 2.50. The van der Waals surface area contributed by atoms with Crippen LogP contribution in [0.4, 0.5) is 0 Å². The van der Waals surface area contributed by atoms with Crippen LogP contribution in [-0.4, -0.2) is 54.7 Å². The second kappa shape index (κ2) is 10.5. The normalized spacial score (nSPS) is 36.6. The van der Waals surface area contributed by atoms with Crippen molar-refractivity contribution in [1.29, 1.82) is 0 Å². The number of amides is 1. The highest BCUT2D eigenvalue weighted by Gasteiger charge is 2.65. The predicted octanol–water partition coefficient (Wildman–Crippen LogP) is 4.71. The molecule has 3 saturated heterocycles. The number of nitrogens with one attached hydrogen (secondary N) is 1. The molecule has 5 atom stereocenters. The van der Waals surface area contributed by atoms with Gasteiger partial charge in [0.15, 0.2) is 24.0 Å². The molecule has 2 saturated carbocycles. The Morgan fingerprint density at radius 2 is 1.30 bits per heavy atom. The highest BCUT2D eigenvalue weighted by molar-refractivity contribution is 5.81. The van der Waals surface area contributed by atoms with Gasteiger partial charge in [-0.1, -0.05) is 51.9 Å². The Balaban J connectivity index is 1.24. The molecule has 3 heterocycles. The van der Waals surface area contributed by atoms with Gasteiger partial charge in [-0.25, -0.2) is 0 Å². The summed E-state index contributed by atoms with van der Waals surface area (Å²) >= 11 is 0. The number of rotatable bonds is 8. The van der Waals surface area contributed by atoms with Crippen LogP contribution >= 0.6 is 0 Å². The van der Waals surface area contributed by atoms with Crippen molar-refractivity contribution in [3.05, 3.63) is 0 Å². The predicted molar refractivity (Wildman–Crippen MR) is 122 cm³/mol. The van der Waals surface area contributed by atoms with Crippen molar-refractivity contribution in [3.63, 3.8) is 0 Å². The lowest BCUT2D eigenvalue weighted by Crippen LogP contribution is -2.59. The van der Waals surface area contributed by atoms with Crippen molar-refractivity contribution in [1.82, 2.24) is 5.32 Å². The maximum atomic E-state index is 13.2. The van der Waals surface area contributed by atoms with Crippen molar-refractivity contribution >= 4 is 5.91 Å². The average molecular weight is 466 g/mol. The maximum absolute atomic E-state index is 13.2. The van der Waals surface area contributed by atoms with Gasteiger partial charge in [-0.05, 0) is 32.1 Å². The summed E-state index contributed by atoms with van der Waals surface area (Å²) in [6, 6.07) is 0. The van der Waals surface area contributed by atoms with E-state index in [9.17, 15) is 4.79 Å². The molecule has 0 aromatic heterocycles. The number of carbonyl (C=O) groups is 1. The number of hydrogen-bond acceptors (Lipinski definition) is 6. The molecule has 0 unspecified atom stereocenters. The van der Waals surface area contributed by atoms with Gasteiger partial charge in [-0.2, -0.15) is 0 Å². The Hall–Kier alpha value is -0.730. The quantitative estimate of drug-likeness (QED) is 0.524. The second-order valence-corrected chi connectivity index (χ2v) is 10.8. The third-order valence-corrected chi connectivity index (χ3v) is 8.20.